The molecule has 2 nitrogen and oxygen atoms in total. The highest BCUT2D eigenvalue weighted by Crippen LogP contribution is 2.31. The van der Waals surface area contributed by atoms with Crippen molar-refractivity contribution in [2.24, 2.45) is 0 Å². The van der Waals surface area contributed by atoms with E-state index in [1.807, 2.05) is 66.9 Å². The highest BCUT2D eigenvalue weighted by atomic mass is 35.5. The smallest absolute Gasteiger partial charge is 0.118 e. The first-order chi connectivity index (χ1) is 13.5. The molecular weight excluding hydrogens is 411 g/mol. The summed E-state index contributed by atoms with van der Waals surface area (Å²) in [6.07, 6.45) is 2.53. The van der Waals surface area contributed by atoms with E-state index in [1.165, 1.54) is 0 Å². The third-order valence-electron chi connectivity index (χ3n) is 4.62. The van der Waals surface area contributed by atoms with Gasteiger partial charge in [0.2, 0.25) is 0 Å². The number of nitrogens with zero attached hydrogens (tertiary/aromatic N) is 2. The Morgan fingerprint density at radius 2 is 1.54 bits per heavy atom. The average Bonchev–Trinajstić information content (AvgIpc) is 3.07. The van der Waals surface area contributed by atoms with Crippen LogP contribution >= 0.6 is 34.8 Å². The molecule has 0 fully saturated rings. The molecule has 0 atom stereocenters. The molecule has 4 rings (SSSR count). The SMILES string of the molecule is Cc1ccc(Cl)cc1-n1c(-c2cccc(Cl)c2)cnc1Cc1cccc(Cl)c1. The summed E-state index contributed by atoms with van der Waals surface area (Å²) in [5.41, 5.74) is 5.16. The highest BCUT2D eigenvalue weighted by molar-refractivity contribution is 6.31. The lowest BCUT2D eigenvalue weighted by Gasteiger charge is -2.16. The molecule has 0 unspecified atom stereocenters. The van der Waals surface area contributed by atoms with Gasteiger partial charge in [-0.1, -0.05) is 65.1 Å². The lowest BCUT2D eigenvalue weighted by molar-refractivity contribution is 0.911. The minimum atomic E-state index is 0.646. The maximum absolute atomic E-state index is 6.32. The van der Waals surface area contributed by atoms with Crippen LogP contribution < -0.4 is 0 Å². The monoisotopic (exact) mass is 426 g/mol. The molecule has 0 saturated heterocycles. The number of hydrogen-bond donors (Lipinski definition) is 0. The fourth-order valence-electron chi connectivity index (χ4n) is 3.29. The zero-order chi connectivity index (χ0) is 19.7. The quantitative estimate of drug-likeness (QED) is 0.332. The molecule has 0 aliphatic heterocycles. The van der Waals surface area contributed by atoms with Gasteiger partial charge in [-0.2, -0.15) is 0 Å². The van der Waals surface area contributed by atoms with Crippen LogP contribution in [0.3, 0.4) is 0 Å². The van der Waals surface area contributed by atoms with Gasteiger partial charge in [-0.3, -0.25) is 4.57 Å². The van der Waals surface area contributed by atoms with Gasteiger partial charge in [-0.15, -0.1) is 0 Å². The lowest BCUT2D eigenvalue weighted by atomic mass is 10.1. The number of hydrogen-bond acceptors (Lipinski definition) is 1. The summed E-state index contributed by atoms with van der Waals surface area (Å²) in [7, 11) is 0. The normalized spacial score (nSPS) is 11.0. The van der Waals surface area contributed by atoms with E-state index in [1.54, 1.807) is 0 Å². The summed E-state index contributed by atoms with van der Waals surface area (Å²) >= 11 is 18.7. The Hall–Kier alpha value is -2.26. The highest BCUT2D eigenvalue weighted by Gasteiger charge is 2.16. The first kappa shape index (κ1) is 19.1. The Bertz CT molecular complexity index is 1150. The summed E-state index contributed by atoms with van der Waals surface area (Å²) in [5, 5.41) is 2.08. The van der Waals surface area contributed by atoms with E-state index < -0.39 is 0 Å². The fourth-order valence-corrected chi connectivity index (χ4v) is 3.86. The Labute approximate surface area is 179 Å². The summed E-state index contributed by atoms with van der Waals surface area (Å²) in [4.78, 5) is 4.73. The number of rotatable bonds is 4. The third-order valence-corrected chi connectivity index (χ3v) is 5.32. The molecular formula is C23H17Cl3N2. The Kier molecular flexibility index (Phi) is 5.45. The van der Waals surface area contributed by atoms with E-state index in [0.29, 0.717) is 21.5 Å². The van der Waals surface area contributed by atoms with Gasteiger partial charge in [0, 0.05) is 27.1 Å². The molecule has 0 saturated carbocycles. The van der Waals surface area contributed by atoms with Gasteiger partial charge < -0.3 is 0 Å². The molecule has 0 spiro atoms. The van der Waals surface area contributed by atoms with Gasteiger partial charge in [0.25, 0.3) is 0 Å². The van der Waals surface area contributed by atoms with Gasteiger partial charge in [0.15, 0.2) is 0 Å². The van der Waals surface area contributed by atoms with Crippen molar-refractivity contribution in [3.63, 3.8) is 0 Å². The Balaban J connectivity index is 1.91. The number of imidazole rings is 1. The molecule has 0 N–H and O–H groups in total. The molecule has 5 heteroatoms. The number of aromatic nitrogens is 2. The van der Waals surface area contributed by atoms with E-state index in [0.717, 1.165) is 33.9 Å². The van der Waals surface area contributed by atoms with Crippen molar-refractivity contribution in [2.45, 2.75) is 13.3 Å². The predicted octanol–water partition coefficient (Wildman–Crippen LogP) is 7.40. The van der Waals surface area contributed by atoms with Crippen LogP contribution in [-0.2, 0) is 6.42 Å². The van der Waals surface area contributed by atoms with Crippen LogP contribution in [0.15, 0.2) is 72.9 Å². The van der Waals surface area contributed by atoms with Crippen molar-refractivity contribution >= 4 is 34.8 Å². The van der Waals surface area contributed by atoms with Crippen molar-refractivity contribution < 1.29 is 0 Å². The molecule has 140 valence electrons. The van der Waals surface area contributed by atoms with Crippen molar-refractivity contribution in [1.82, 2.24) is 9.55 Å². The topological polar surface area (TPSA) is 17.8 Å². The van der Waals surface area contributed by atoms with E-state index in [2.05, 4.69) is 17.6 Å². The molecule has 0 radical (unpaired) electrons. The summed E-state index contributed by atoms with van der Waals surface area (Å²) in [6.45, 7) is 2.07. The summed E-state index contributed by atoms with van der Waals surface area (Å²) in [6, 6.07) is 21.5. The molecule has 4 aromatic rings. The van der Waals surface area contributed by atoms with E-state index >= 15 is 0 Å². The summed E-state index contributed by atoms with van der Waals surface area (Å²) < 4.78 is 2.15. The lowest BCUT2D eigenvalue weighted by Crippen LogP contribution is -2.06. The van der Waals surface area contributed by atoms with E-state index in [9.17, 15) is 0 Å². The second-order valence-electron chi connectivity index (χ2n) is 6.64. The molecule has 0 bridgehead atoms. The zero-order valence-corrected chi connectivity index (χ0v) is 17.4. The number of halogens is 3. The third kappa shape index (κ3) is 3.95. The fraction of sp³-hybridized carbons (Fsp3) is 0.0870. The predicted molar refractivity (Wildman–Crippen MR) is 118 cm³/mol. The van der Waals surface area contributed by atoms with E-state index in [-0.39, 0.29) is 0 Å². The molecule has 3 aromatic carbocycles. The molecule has 0 aliphatic carbocycles. The second-order valence-corrected chi connectivity index (χ2v) is 7.95. The van der Waals surface area contributed by atoms with Crippen molar-refractivity contribution in [3.05, 3.63) is 105 Å². The van der Waals surface area contributed by atoms with Crippen LogP contribution in [0.4, 0.5) is 0 Å². The minimum Gasteiger partial charge on any atom is -0.296 e. The maximum atomic E-state index is 6.32. The van der Waals surface area contributed by atoms with Crippen LogP contribution in [0.5, 0.6) is 0 Å². The van der Waals surface area contributed by atoms with Gasteiger partial charge >= 0.3 is 0 Å². The van der Waals surface area contributed by atoms with Gasteiger partial charge in [-0.25, -0.2) is 4.98 Å². The van der Waals surface area contributed by atoms with Crippen molar-refractivity contribution in [2.75, 3.05) is 0 Å². The van der Waals surface area contributed by atoms with Crippen LogP contribution in [0.25, 0.3) is 16.9 Å². The van der Waals surface area contributed by atoms with Gasteiger partial charge in [0.05, 0.1) is 17.6 Å². The van der Waals surface area contributed by atoms with Crippen molar-refractivity contribution in [3.8, 4) is 16.9 Å². The molecule has 0 aliphatic rings. The zero-order valence-electron chi connectivity index (χ0n) is 15.2. The molecule has 0 amide bonds. The van der Waals surface area contributed by atoms with Crippen molar-refractivity contribution in [1.29, 1.82) is 0 Å². The van der Waals surface area contributed by atoms with Gasteiger partial charge in [0.1, 0.15) is 5.82 Å². The molecule has 28 heavy (non-hydrogen) atoms. The maximum Gasteiger partial charge on any atom is 0.118 e. The Morgan fingerprint density at radius 1 is 0.821 bits per heavy atom. The van der Waals surface area contributed by atoms with E-state index in [4.69, 9.17) is 39.8 Å². The van der Waals surface area contributed by atoms with Crippen LogP contribution in [0.2, 0.25) is 15.1 Å². The van der Waals surface area contributed by atoms with Crippen LogP contribution in [0.1, 0.15) is 17.0 Å². The summed E-state index contributed by atoms with van der Waals surface area (Å²) in [5.74, 6) is 0.905. The standard InChI is InChI=1S/C23H17Cl3N2/c1-15-8-9-20(26)13-21(15)28-22(17-5-3-7-19(25)12-17)14-27-23(28)11-16-4-2-6-18(24)10-16/h2-10,12-14H,11H2,1H3. The largest absolute Gasteiger partial charge is 0.296 e. The first-order valence-electron chi connectivity index (χ1n) is 8.85. The first-order valence-corrected chi connectivity index (χ1v) is 9.98. The second kappa shape index (κ2) is 8.00. The Morgan fingerprint density at radius 3 is 2.29 bits per heavy atom. The number of benzene rings is 3. The molecule has 1 aromatic heterocycles. The minimum absolute atomic E-state index is 0.646. The van der Waals surface area contributed by atoms with Gasteiger partial charge in [-0.05, 0) is 54.4 Å². The van der Waals surface area contributed by atoms with Crippen LogP contribution in [0, 0.1) is 6.92 Å². The number of aryl methyl sites for hydroxylation is 1. The van der Waals surface area contributed by atoms with Crippen LogP contribution in [-0.4, -0.2) is 9.55 Å². The molecule has 1 heterocycles. The average molecular weight is 428 g/mol.